The maximum Gasteiger partial charge on any atom is 0.326 e. The van der Waals surface area contributed by atoms with Gasteiger partial charge in [-0.15, -0.1) is 0 Å². The van der Waals surface area contributed by atoms with Crippen LogP contribution >= 0.6 is 0 Å². The van der Waals surface area contributed by atoms with Crippen LogP contribution < -0.4 is 10.6 Å². The molecule has 1 unspecified atom stereocenters. The van der Waals surface area contributed by atoms with Crippen LogP contribution in [-0.4, -0.2) is 42.4 Å². The molecule has 6 nitrogen and oxygen atoms in total. The highest BCUT2D eigenvalue weighted by molar-refractivity contribution is 5.83. The van der Waals surface area contributed by atoms with Gasteiger partial charge in [-0.25, -0.2) is 9.59 Å². The van der Waals surface area contributed by atoms with Crippen LogP contribution in [0.1, 0.15) is 19.4 Å². The summed E-state index contributed by atoms with van der Waals surface area (Å²) in [4.78, 5) is 23.2. The molecule has 0 saturated heterocycles. The van der Waals surface area contributed by atoms with Gasteiger partial charge >= 0.3 is 12.0 Å². The lowest BCUT2D eigenvalue weighted by Gasteiger charge is -2.26. The molecule has 3 N–H and O–H groups in total. The summed E-state index contributed by atoms with van der Waals surface area (Å²) < 4.78 is 5.00. The molecule has 1 rings (SSSR count). The van der Waals surface area contributed by atoms with E-state index in [1.54, 1.807) is 13.8 Å². The van der Waals surface area contributed by atoms with Crippen LogP contribution in [0, 0.1) is 0 Å². The smallest absolute Gasteiger partial charge is 0.326 e. The van der Waals surface area contributed by atoms with Crippen molar-refractivity contribution < 1.29 is 19.4 Å². The molecule has 1 aromatic carbocycles. The van der Waals surface area contributed by atoms with E-state index in [1.165, 1.54) is 7.11 Å². The van der Waals surface area contributed by atoms with Gasteiger partial charge in [-0.2, -0.15) is 0 Å². The number of carboxylic acids is 1. The van der Waals surface area contributed by atoms with Crippen LogP contribution in [0.25, 0.3) is 0 Å². The number of carboxylic acid groups (broad SMARTS) is 1. The summed E-state index contributed by atoms with van der Waals surface area (Å²) in [6.07, 6.45) is 0.230. The van der Waals surface area contributed by atoms with Crippen molar-refractivity contribution in [2.75, 3.05) is 13.7 Å². The Kier molecular flexibility index (Phi) is 6.17. The summed E-state index contributed by atoms with van der Waals surface area (Å²) >= 11 is 0. The number of carbonyl (C=O) groups is 2. The fraction of sp³-hybridized carbons (Fsp3) is 0.467. The molecular weight excluding hydrogens is 272 g/mol. The molecule has 0 aliphatic rings. The molecule has 6 heteroatoms. The lowest BCUT2D eigenvalue weighted by Crippen LogP contribution is -2.54. The van der Waals surface area contributed by atoms with Crippen molar-refractivity contribution >= 4 is 12.0 Å². The molecule has 1 aromatic rings. The highest BCUT2D eigenvalue weighted by atomic mass is 16.5. The molecule has 2 amide bonds. The summed E-state index contributed by atoms with van der Waals surface area (Å²) in [5, 5.41) is 14.4. The van der Waals surface area contributed by atoms with Crippen molar-refractivity contribution in [3.63, 3.8) is 0 Å². The Morgan fingerprint density at radius 1 is 1.29 bits per heavy atom. The summed E-state index contributed by atoms with van der Waals surface area (Å²) in [6.45, 7) is 3.92. The topological polar surface area (TPSA) is 87.7 Å². The third kappa shape index (κ3) is 6.27. The molecule has 0 heterocycles. The number of carbonyl (C=O) groups excluding carboxylic acids is 1. The highest BCUT2D eigenvalue weighted by Gasteiger charge is 2.24. The zero-order valence-corrected chi connectivity index (χ0v) is 12.6. The average Bonchev–Trinajstić information content (AvgIpc) is 2.38. The summed E-state index contributed by atoms with van der Waals surface area (Å²) in [5.41, 5.74) is 0.274. The first-order chi connectivity index (χ1) is 9.84. The predicted molar refractivity (Wildman–Crippen MR) is 79.2 cm³/mol. The van der Waals surface area contributed by atoms with E-state index in [0.717, 1.165) is 5.56 Å². The second-order valence-electron chi connectivity index (χ2n) is 5.50. The Labute approximate surface area is 124 Å². The van der Waals surface area contributed by atoms with E-state index in [-0.39, 0.29) is 6.42 Å². The number of hydrogen-bond acceptors (Lipinski definition) is 3. The van der Waals surface area contributed by atoms with Gasteiger partial charge < -0.3 is 20.5 Å². The fourth-order valence-corrected chi connectivity index (χ4v) is 1.95. The first kappa shape index (κ1) is 17.0. The van der Waals surface area contributed by atoms with E-state index in [9.17, 15) is 14.7 Å². The minimum atomic E-state index is -1.07. The minimum Gasteiger partial charge on any atom is -0.480 e. The van der Waals surface area contributed by atoms with Gasteiger partial charge in [0, 0.05) is 13.5 Å². The van der Waals surface area contributed by atoms with Crippen molar-refractivity contribution in [1.82, 2.24) is 10.6 Å². The maximum atomic E-state index is 11.9. The molecule has 0 spiro atoms. The SMILES string of the molecule is COCC(C)(C)NC(=O)NC(Cc1ccccc1)C(=O)O. The number of benzene rings is 1. The molecule has 21 heavy (non-hydrogen) atoms. The van der Waals surface area contributed by atoms with Crippen LogP contribution in [0.4, 0.5) is 4.79 Å². The number of hydrogen-bond donors (Lipinski definition) is 3. The minimum absolute atomic E-state index is 0.230. The Balaban J connectivity index is 2.62. The zero-order chi connectivity index (χ0) is 15.9. The van der Waals surface area contributed by atoms with E-state index >= 15 is 0 Å². The van der Waals surface area contributed by atoms with Gasteiger partial charge in [-0.05, 0) is 19.4 Å². The van der Waals surface area contributed by atoms with Crippen LogP contribution in [0.3, 0.4) is 0 Å². The third-order valence-corrected chi connectivity index (χ3v) is 2.84. The Morgan fingerprint density at radius 2 is 1.90 bits per heavy atom. The molecule has 1 atom stereocenters. The number of aliphatic carboxylic acids is 1. The van der Waals surface area contributed by atoms with Crippen molar-refractivity contribution in [3.8, 4) is 0 Å². The molecule has 0 aromatic heterocycles. The first-order valence-corrected chi connectivity index (χ1v) is 6.68. The molecule has 0 aliphatic heterocycles. The van der Waals surface area contributed by atoms with Crippen LogP contribution in [0.5, 0.6) is 0 Å². The van der Waals surface area contributed by atoms with Gasteiger partial charge in [0.05, 0.1) is 12.1 Å². The molecule has 0 radical (unpaired) electrons. The van der Waals surface area contributed by atoms with Crippen molar-refractivity contribution in [2.45, 2.75) is 31.8 Å². The standard InChI is InChI=1S/C15H22N2O4/c1-15(2,10-21-3)17-14(20)16-12(13(18)19)9-11-7-5-4-6-8-11/h4-8,12H,9-10H2,1-3H3,(H,18,19)(H2,16,17,20). The number of ether oxygens (including phenoxy) is 1. The molecule has 0 bridgehead atoms. The largest absolute Gasteiger partial charge is 0.480 e. The average molecular weight is 294 g/mol. The van der Waals surface area contributed by atoms with Crippen LogP contribution in [0.2, 0.25) is 0 Å². The van der Waals surface area contributed by atoms with Gasteiger partial charge in [-0.3, -0.25) is 0 Å². The van der Waals surface area contributed by atoms with Gasteiger partial charge in [0.25, 0.3) is 0 Å². The zero-order valence-electron chi connectivity index (χ0n) is 12.6. The number of amides is 2. The number of urea groups is 1. The molecule has 116 valence electrons. The van der Waals surface area contributed by atoms with Gasteiger partial charge in [0.15, 0.2) is 0 Å². The lowest BCUT2D eigenvalue weighted by molar-refractivity contribution is -0.139. The van der Waals surface area contributed by atoms with E-state index in [0.29, 0.717) is 6.61 Å². The summed E-state index contributed by atoms with van der Waals surface area (Å²) in [6, 6.07) is 7.65. The Hall–Kier alpha value is -2.08. The maximum absolute atomic E-state index is 11.9. The summed E-state index contributed by atoms with van der Waals surface area (Å²) in [7, 11) is 1.54. The van der Waals surface area contributed by atoms with Gasteiger partial charge in [0.1, 0.15) is 6.04 Å². The van der Waals surface area contributed by atoms with Gasteiger partial charge in [0.2, 0.25) is 0 Å². The second kappa shape index (κ2) is 7.64. The molecule has 0 fully saturated rings. The van der Waals surface area contributed by atoms with Crippen molar-refractivity contribution in [3.05, 3.63) is 35.9 Å². The van der Waals surface area contributed by atoms with E-state index < -0.39 is 23.6 Å². The Morgan fingerprint density at radius 3 is 2.43 bits per heavy atom. The van der Waals surface area contributed by atoms with Gasteiger partial charge in [-0.1, -0.05) is 30.3 Å². The third-order valence-electron chi connectivity index (χ3n) is 2.84. The van der Waals surface area contributed by atoms with Crippen molar-refractivity contribution in [2.24, 2.45) is 0 Å². The van der Waals surface area contributed by atoms with Crippen molar-refractivity contribution in [1.29, 1.82) is 0 Å². The monoisotopic (exact) mass is 294 g/mol. The normalized spacial score (nSPS) is 12.5. The van der Waals surface area contributed by atoms with Crippen LogP contribution in [-0.2, 0) is 16.0 Å². The van der Waals surface area contributed by atoms with E-state index in [1.807, 2.05) is 30.3 Å². The second-order valence-corrected chi connectivity index (χ2v) is 5.50. The number of rotatable bonds is 7. The molecule has 0 aliphatic carbocycles. The molecular formula is C15H22N2O4. The summed E-state index contributed by atoms with van der Waals surface area (Å²) in [5.74, 6) is -1.07. The Bertz CT molecular complexity index is 474. The predicted octanol–water partition coefficient (Wildman–Crippen LogP) is 1.41. The quantitative estimate of drug-likeness (QED) is 0.709. The molecule has 0 saturated carbocycles. The number of nitrogens with one attached hydrogen (secondary N) is 2. The first-order valence-electron chi connectivity index (χ1n) is 6.68. The van der Waals surface area contributed by atoms with E-state index in [2.05, 4.69) is 10.6 Å². The fourth-order valence-electron chi connectivity index (χ4n) is 1.95. The van der Waals surface area contributed by atoms with E-state index in [4.69, 9.17) is 4.74 Å². The highest BCUT2D eigenvalue weighted by Crippen LogP contribution is 2.05. The van der Waals surface area contributed by atoms with Crippen LogP contribution in [0.15, 0.2) is 30.3 Å². The lowest BCUT2D eigenvalue weighted by atomic mass is 10.1. The number of methoxy groups -OCH3 is 1.